The highest BCUT2D eigenvalue weighted by molar-refractivity contribution is 7.88. The Morgan fingerprint density at radius 3 is 1.44 bits per heavy atom. The van der Waals surface area contributed by atoms with Gasteiger partial charge in [0, 0.05) is 11.1 Å². The van der Waals surface area contributed by atoms with Gasteiger partial charge in [-0.3, -0.25) is 0 Å². The van der Waals surface area contributed by atoms with Gasteiger partial charge in [-0.15, -0.1) is 0 Å². The molecule has 1 heterocycles. The first-order valence-electron chi connectivity index (χ1n) is 18.7. The van der Waals surface area contributed by atoms with Gasteiger partial charge in [-0.2, -0.15) is 39.2 Å². The lowest BCUT2D eigenvalue weighted by atomic mass is 9.67. The number of hydrogen-bond donors (Lipinski definition) is 0. The average Bonchev–Trinajstić information content (AvgIpc) is 3.56. The van der Waals surface area contributed by atoms with Crippen LogP contribution in [0.5, 0.6) is 5.75 Å². The zero-order valence-electron chi connectivity index (χ0n) is 31.7. The Kier molecular flexibility index (Phi) is 10.1. The van der Waals surface area contributed by atoms with Gasteiger partial charge in [-0.1, -0.05) is 153 Å². The minimum atomic E-state index is -7.23. The van der Waals surface area contributed by atoms with Gasteiger partial charge < -0.3 is 4.18 Å². The molecule has 0 radical (unpaired) electrons. The summed E-state index contributed by atoms with van der Waals surface area (Å²) in [5.74, 6) is -8.28. The van der Waals surface area contributed by atoms with Crippen LogP contribution in [-0.2, 0) is 15.5 Å². The topological polar surface area (TPSA) is 82.0 Å². The van der Waals surface area contributed by atoms with E-state index in [-0.39, 0.29) is 30.0 Å². The standard InChI is InChI=1S/C46H31F8N3O3S/c1-2-42(47,45(50,51)52)44(48,49)46(53,54)61(58,59)60-38-28-37-34(33-25-15-16-26-36(33)43(37,31-21-11-5-12-22-31)32-23-13-6-14-24-32)27-35(38)41-56-39(29-17-7-3-8-18-29)55-40(57-41)30-19-9-4-10-20-30/h3-28H,2H2,1H3. The molecule has 61 heavy (non-hydrogen) atoms. The summed E-state index contributed by atoms with van der Waals surface area (Å²) < 4.78 is 152. The maximum atomic E-state index is 15.9. The lowest BCUT2D eigenvalue weighted by molar-refractivity contribution is -0.337. The minimum Gasteiger partial charge on any atom is -0.377 e. The quantitative estimate of drug-likeness (QED) is 0.0952. The van der Waals surface area contributed by atoms with Crippen molar-refractivity contribution >= 4 is 10.1 Å². The third-order valence-electron chi connectivity index (χ3n) is 10.8. The number of hydrogen-bond acceptors (Lipinski definition) is 6. The maximum Gasteiger partial charge on any atom is 0.446 e. The normalized spacial score (nSPS) is 14.8. The first-order chi connectivity index (χ1) is 29.0. The summed E-state index contributed by atoms with van der Waals surface area (Å²) in [5, 5.41) is -6.79. The van der Waals surface area contributed by atoms with Crippen LogP contribution < -0.4 is 4.18 Å². The Hall–Kier alpha value is -6.48. The zero-order valence-corrected chi connectivity index (χ0v) is 32.5. The van der Waals surface area contributed by atoms with Crippen LogP contribution in [0, 0.1) is 0 Å². The van der Waals surface area contributed by atoms with Crippen LogP contribution in [0.2, 0.25) is 0 Å². The van der Waals surface area contributed by atoms with Crippen molar-refractivity contribution in [3.8, 4) is 51.0 Å². The Balaban J connectivity index is 1.46. The van der Waals surface area contributed by atoms with Gasteiger partial charge in [0.05, 0.1) is 11.0 Å². The maximum absolute atomic E-state index is 15.9. The molecule has 15 heteroatoms. The van der Waals surface area contributed by atoms with E-state index in [4.69, 9.17) is 4.18 Å². The highest BCUT2D eigenvalue weighted by Crippen LogP contribution is 2.59. The summed E-state index contributed by atoms with van der Waals surface area (Å²) in [6.45, 7) is 0.239. The molecule has 0 saturated carbocycles. The second kappa shape index (κ2) is 14.9. The minimum absolute atomic E-state index is 0.0225. The van der Waals surface area contributed by atoms with Crippen LogP contribution in [0.15, 0.2) is 158 Å². The zero-order chi connectivity index (χ0) is 43.4. The molecule has 8 rings (SSSR count). The van der Waals surface area contributed by atoms with Crippen molar-refractivity contribution in [2.24, 2.45) is 0 Å². The Labute approximate surface area is 344 Å². The molecule has 0 saturated heterocycles. The van der Waals surface area contributed by atoms with Gasteiger partial charge in [0.25, 0.3) is 5.67 Å². The van der Waals surface area contributed by atoms with Gasteiger partial charge >= 0.3 is 27.5 Å². The SMILES string of the molecule is CCC(F)(C(F)(F)F)C(F)(F)C(F)(F)S(=O)(=O)Oc1cc2c(cc1-c1nc(-c3ccccc3)nc(-c3ccccc3)n1)-c1ccccc1C2(c1ccccc1)c1ccccc1. The number of nitrogens with zero attached hydrogens (tertiary/aromatic N) is 3. The summed E-state index contributed by atoms with van der Waals surface area (Å²) >= 11 is 0. The summed E-state index contributed by atoms with van der Waals surface area (Å²) in [5.41, 5.74) is -3.82. The largest absolute Gasteiger partial charge is 0.446 e. The highest BCUT2D eigenvalue weighted by atomic mass is 32.2. The fourth-order valence-corrected chi connectivity index (χ4v) is 8.75. The second-order valence-corrected chi connectivity index (χ2v) is 15.8. The molecule has 1 atom stereocenters. The summed E-state index contributed by atoms with van der Waals surface area (Å²) in [7, 11) is -7.23. The molecule has 1 unspecified atom stereocenters. The number of rotatable bonds is 11. The van der Waals surface area contributed by atoms with E-state index < -0.39 is 56.3 Å². The van der Waals surface area contributed by atoms with Crippen molar-refractivity contribution in [2.45, 2.75) is 41.8 Å². The van der Waals surface area contributed by atoms with Gasteiger partial charge in [-0.25, -0.2) is 19.3 Å². The highest BCUT2D eigenvalue weighted by Gasteiger charge is 2.83. The first kappa shape index (κ1) is 41.3. The third-order valence-corrected chi connectivity index (χ3v) is 12.1. The van der Waals surface area contributed by atoms with Crippen LogP contribution in [0.4, 0.5) is 35.1 Å². The average molecular weight is 858 g/mol. The molecule has 0 spiro atoms. The van der Waals surface area contributed by atoms with Gasteiger partial charge in [0.1, 0.15) is 0 Å². The molecule has 6 aromatic carbocycles. The number of alkyl halides is 8. The van der Waals surface area contributed by atoms with Gasteiger partial charge in [0.2, 0.25) is 0 Å². The Bertz CT molecular complexity index is 2750. The molecule has 1 aromatic heterocycles. The van der Waals surface area contributed by atoms with Crippen molar-refractivity contribution < 1.29 is 47.7 Å². The predicted molar refractivity (Wildman–Crippen MR) is 213 cm³/mol. The van der Waals surface area contributed by atoms with E-state index in [2.05, 4.69) is 15.0 Å². The summed E-state index contributed by atoms with van der Waals surface area (Å²) in [4.78, 5) is 13.8. The van der Waals surface area contributed by atoms with E-state index in [0.717, 1.165) is 6.07 Å². The summed E-state index contributed by atoms with van der Waals surface area (Å²) in [6.07, 6.45) is -8.87. The van der Waals surface area contributed by atoms with E-state index in [0.29, 0.717) is 38.9 Å². The second-order valence-electron chi connectivity index (χ2n) is 14.2. The van der Waals surface area contributed by atoms with E-state index in [1.54, 1.807) is 140 Å². The molecule has 7 aromatic rings. The van der Waals surface area contributed by atoms with Crippen LogP contribution in [0.1, 0.15) is 35.6 Å². The molecule has 0 fully saturated rings. The molecule has 0 amide bonds. The molecule has 0 bridgehead atoms. The van der Waals surface area contributed by atoms with E-state index >= 15 is 22.0 Å². The fraction of sp³-hybridized carbons (Fsp3) is 0.152. The molecule has 6 nitrogen and oxygen atoms in total. The third kappa shape index (κ3) is 6.44. The summed E-state index contributed by atoms with van der Waals surface area (Å²) in [6, 6.07) is 44.0. The van der Waals surface area contributed by atoms with Crippen LogP contribution in [0.25, 0.3) is 45.3 Å². The predicted octanol–water partition coefficient (Wildman–Crippen LogP) is 11.9. The van der Waals surface area contributed by atoms with E-state index in [1.807, 2.05) is 6.07 Å². The molecule has 1 aliphatic rings. The van der Waals surface area contributed by atoms with E-state index in [1.165, 1.54) is 6.07 Å². The van der Waals surface area contributed by atoms with Crippen molar-refractivity contribution in [1.82, 2.24) is 15.0 Å². The molecule has 0 aliphatic heterocycles. The van der Waals surface area contributed by atoms with Gasteiger partial charge in [-0.05, 0) is 51.9 Å². The lowest BCUT2D eigenvalue weighted by Gasteiger charge is -2.37. The van der Waals surface area contributed by atoms with E-state index in [9.17, 15) is 21.6 Å². The molecular weight excluding hydrogens is 827 g/mol. The van der Waals surface area contributed by atoms with Crippen molar-refractivity contribution in [3.63, 3.8) is 0 Å². The first-order valence-corrected chi connectivity index (χ1v) is 20.1. The molecule has 1 aliphatic carbocycles. The monoisotopic (exact) mass is 857 g/mol. The Morgan fingerprint density at radius 1 is 0.525 bits per heavy atom. The van der Waals surface area contributed by atoms with Gasteiger partial charge in [0.15, 0.2) is 23.2 Å². The number of benzene rings is 6. The lowest BCUT2D eigenvalue weighted by Crippen LogP contribution is -2.65. The van der Waals surface area contributed by atoms with Crippen molar-refractivity contribution in [2.75, 3.05) is 0 Å². The molecular formula is C46H31F8N3O3S. The number of fused-ring (bicyclic) bond motifs is 3. The number of halogens is 8. The van der Waals surface area contributed by atoms with Crippen LogP contribution in [-0.4, -0.2) is 46.4 Å². The van der Waals surface area contributed by atoms with Crippen LogP contribution >= 0.6 is 0 Å². The smallest absolute Gasteiger partial charge is 0.377 e. The fourth-order valence-electron chi connectivity index (χ4n) is 7.80. The van der Waals surface area contributed by atoms with Crippen LogP contribution in [0.3, 0.4) is 0 Å². The van der Waals surface area contributed by atoms with Crippen molar-refractivity contribution in [1.29, 1.82) is 0 Å². The van der Waals surface area contributed by atoms with Crippen molar-refractivity contribution in [3.05, 3.63) is 180 Å². The molecule has 0 N–H and O–H groups in total. The number of aromatic nitrogens is 3. The molecule has 310 valence electrons. The Morgan fingerprint density at radius 2 is 0.967 bits per heavy atom.